The van der Waals surface area contributed by atoms with Crippen LogP contribution in [-0.4, -0.2) is 30.2 Å². The van der Waals surface area contributed by atoms with Gasteiger partial charge in [0.2, 0.25) is 5.88 Å². The SMILES string of the molecule is COc1ccc2[nH]c(CCOC=O)cc2n1. The number of nitrogens with one attached hydrogen (secondary N) is 1. The van der Waals surface area contributed by atoms with E-state index in [1.165, 1.54) is 0 Å². The van der Waals surface area contributed by atoms with Crippen molar-refractivity contribution in [1.82, 2.24) is 9.97 Å². The highest BCUT2D eigenvalue weighted by atomic mass is 16.5. The van der Waals surface area contributed by atoms with E-state index in [1.54, 1.807) is 13.2 Å². The molecular formula is C11H12N2O3. The van der Waals surface area contributed by atoms with Crippen LogP contribution in [0.15, 0.2) is 18.2 Å². The summed E-state index contributed by atoms with van der Waals surface area (Å²) in [5.74, 6) is 0.585. The molecule has 0 spiro atoms. The third-order valence-corrected chi connectivity index (χ3v) is 2.27. The van der Waals surface area contributed by atoms with Gasteiger partial charge in [0.25, 0.3) is 6.47 Å². The molecule has 5 nitrogen and oxygen atoms in total. The summed E-state index contributed by atoms with van der Waals surface area (Å²) in [4.78, 5) is 17.5. The molecule has 2 rings (SSSR count). The van der Waals surface area contributed by atoms with E-state index in [1.807, 2.05) is 12.1 Å². The Morgan fingerprint density at radius 3 is 3.12 bits per heavy atom. The first-order valence-corrected chi connectivity index (χ1v) is 4.91. The van der Waals surface area contributed by atoms with Gasteiger partial charge in [0.15, 0.2) is 0 Å². The maximum Gasteiger partial charge on any atom is 0.293 e. The summed E-state index contributed by atoms with van der Waals surface area (Å²) in [5, 5.41) is 0. The molecule has 1 N–H and O–H groups in total. The molecule has 0 radical (unpaired) electrons. The number of hydrogen-bond donors (Lipinski definition) is 1. The molecule has 2 aromatic rings. The topological polar surface area (TPSA) is 64.2 Å². The second kappa shape index (κ2) is 4.65. The van der Waals surface area contributed by atoms with Crippen molar-refractivity contribution in [3.05, 3.63) is 23.9 Å². The van der Waals surface area contributed by atoms with E-state index in [-0.39, 0.29) is 0 Å². The third-order valence-electron chi connectivity index (χ3n) is 2.27. The van der Waals surface area contributed by atoms with E-state index in [9.17, 15) is 4.79 Å². The highest BCUT2D eigenvalue weighted by Gasteiger charge is 2.03. The molecule has 0 bridgehead atoms. The van der Waals surface area contributed by atoms with Gasteiger partial charge in [-0.05, 0) is 12.1 Å². The Balaban J connectivity index is 2.19. The molecule has 16 heavy (non-hydrogen) atoms. The number of pyridine rings is 1. The van der Waals surface area contributed by atoms with Crippen LogP contribution in [0.4, 0.5) is 0 Å². The van der Waals surface area contributed by atoms with Gasteiger partial charge in [-0.1, -0.05) is 0 Å². The van der Waals surface area contributed by atoms with Crippen LogP contribution in [-0.2, 0) is 16.0 Å². The first-order valence-electron chi connectivity index (χ1n) is 4.91. The van der Waals surface area contributed by atoms with Crippen molar-refractivity contribution in [2.24, 2.45) is 0 Å². The number of hydrogen-bond acceptors (Lipinski definition) is 4. The van der Waals surface area contributed by atoms with Crippen molar-refractivity contribution in [2.45, 2.75) is 6.42 Å². The molecule has 0 atom stereocenters. The van der Waals surface area contributed by atoms with Gasteiger partial charge in [0.1, 0.15) is 0 Å². The lowest BCUT2D eigenvalue weighted by Gasteiger charge is -1.96. The second-order valence-corrected chi connectivity index (χ2v) is 3.30. The first kappa shape index (κ1) is 10.5. The quantitative estimate of drug-likeness (QED) is 0.609. The number of aromatic nitrogens is 2. The zero-order valence-electron chi connectivity index (χ0n) is 8.90. The lowest BCUT2D eigenvalue weighted by Crippen LogP contribution is -1.96. The Bertz CT molecular complexity index is 493. The second-order valence-electron chi connectivity index (χ2n) is 3.30. The zero-order chi connectivity index (χ0) is 11.4. The molecule has 0 aliphatic rings. The van der Waals surface area contributed by atoms with E-state index >= 15 is 0 Å². The summed E-state index contributed by atoms with van der Waals surface area (Å²) in [6.45, 7) is 0.817. The number of methoxy groups -OCH3 is 1. The van der Waals surface area contributed by atoms with Crippen molar-refractivity contribution in [3.8, 4) is 5.88 Å². The Kier molecular flexibility index (Phi) is 3.05. The molecule has 84 valence electrons. The predicted molar refractivity (Wildman–Crippen MR) is 58.4 cm³/mol. The lowest BCUT2D eigenvalue weighted by molar-refractivity contribution is -0.128. The standard InChI is InChI=1S/C11H12N2O3/c1-15-11-3-2-9-10(13-11)6-8(12-9)4-5-16-7-14/h2-3,6-7,12H,4-5H2,1H3. The van der Waals surface area contributed by atoms with Gasteiger partial charge in [0, 0.05) is 18.2 Å². The van der Waals surface area contributed by atoms with E-state index in [0.717, 1.165) is 16.7 Å². The van der Waals surface area contributed by atoms with Crippen LogP contribution in [0.5, 0.6) is 5.88 Å². The van der Waals surface area contributed by atoms with E-state index in [4.69, 9.17) is 4.74 Å². The van der Waals surface area contributed by atoms with Gasteiger partial charge in [-0.15, -0.1) is 0 Å². The van der Waals surface area contributed by atoms with Crippen molar-refractivity contribution >= 4 is 17.5 Å². The van der Waals surface area contributed by atoms with Crippen molar-refractivity contribution in [2.75, 3.05) is 13.7 Å². The maximum absolute atomic E-state index is 9.99. The van der Waals surface area contributed by atoms with Crippen LogP contribution in [0, 0.1) is 0 Å². The summed E-state index contributed by atoms with van der Waals surface area (Å²) in [6.07, 6.45) is 0.650. The molecule has 0 saturated heterocycles. The monoisotopic (exact) mass is 220 g/mol. The number of aromatic amines is 1. The molecular weight excluding hydrogens is 208 g/mol. The summed E-state index contributed by atoms with van der Waals surface area (Å²) < 4.78 is 9.67. The molecule has 0 saturated carbocycles. The number of carbonyl (C=O) groups excluding carboxylic acids is 1. The number of rotatable bonds is 5. The fraction of sp³-hybridized carbons (Fsp3) is 0.273. The van der Waals surface area contributed by atoms with E-state index in [0.29, 0.717) is 25.4 Å². The van der Waals surface area contributed by atoms with Crippen LogP contribution in [0.25, 0.3) is 11.0 Å². The van der Waals surface area contributed by atoms with Gasteiger partial charge in [-0.25, -0.2) is 4.98 Å². The minimum atomic E-state index is 0.369. The van der Waals surface area contributed by atoms with Crippen LogP contribution in [0.2, 0.25) is 0 Å². The van der Waals surface area contributed by atoms with Crippen molar-refractivity contribution in [1.29, 1.82) is 0 Å². The van der Waals surface area contributed by atoms with Crippen LogP contribution in [0.1, 0.15) is 5.69 Å². The Morgan fingerprint density at radius 1 is 1.50 bits per heavy atom. The molecule has 0 aliphatic heterocycles. The van der Waals surface area contributed by atoms with Gasteiger partial charge in [-0.2, -0.15) is 0 Å². The van der Waals surface area contributed by atoms with Crippen LogP contribution in [0.3, 0.4) is 0 Å². The van der Waals surface area contributed by atoms with Gasteiger partial charge in [-0.3, -0.25) is 4.79 Å². The minimum Gasteiger partial charge on any atom is -0.481 e. The number of fused-ring (bicyclic) bond motifs is 1. The van der Waals surface area contributed by atoms with E-state index in [2.05, 4.69) is 14.7 Å². The largest absolute Gasteiger partial charge is 0.481 e. The molecule has 0 fully saturated rings. The fourth-order valence-corrected chi connectivity index (χ4v) is 1.51. The van der Waals surface area contributed by atoms with Crippen LogP contribution >= 0.6 is 0 Å². The Hall–Kier alpha value is -2.04. The zero-order valence-corrected chi connectivity index (χ0v) is 8.90. The predicted octanol–water partition coefficient (Wildman–Crippen LogP) is 1.29. The average Bonchev–Trinajstić information content (AvgIpc) is 2.70. The minimum absolute atomic E-state index is 0.369. The Morgan fingerprint density at radius 2 is 2.38 bits per heavy atom. The average molecular weight is 220 g/mol. The van der Waals surface area contributed by atoms with Crippen molar-refractivity contribution in [3.63, 3.8) is 0 Å². The third kappa shape index (κ3) is 2.13. The normalized spacial score (nSPS) is 10.3. The van der Waals surface area contributed by atoms with Crippen molar-refractivity contribution < 1.29 is 14.3 Å². The molecule has 0 amide bonds. The summed E-state index contributed by atoms with van der Waals surface area (Å²) in [6, 6.07) is 5.63. The molecule has 0 unspecified atom stereocenters. The van der Waals surface area contributed by atoms with Gasteiger partial charge < -0.3 is 14.5 Å². The van der Waals surface area contributed by atoms with Gasteiger partial charge in [0.05, 0.1) is 24.8 Å². The molecule has 2 aromatic heterocycles. The van der Waals surface area contributed by atoms with Crippen LogP contribution < -0.4 is 4.74 Å². The molecule has 0 aliphatic carbocycles. The first-order chi connectivity index (χ1) is 7.83. The fourth-order valence-electron chi connectivity index (χ4n) is 1.51. The highest BCUT2D eigenvalue weighted by molar-refractivity contribution is 5.76. The number of H-pyrrole nitrogens is 1. The summed E-state index contributed by atoms with van der Waals surface area (Å²) in [5.41, 5.74) is 2.78. The summed E-state index contributed by atoms with van der Waals surface area (Å²) in [7, 11) is 1.58. The molecule has 2 heterocycles. The highest BCUT2D eigenvalue weighted by Crippen LogP contribution is 2.17. The molecule has 5 heteroatoms. The van der Waals surface area contributed by atoms with Gasteiger partial charge >= 0.3 is 0 Å². The lowest BCUT2D eigenvalue weighted by atomic mass is 10.3. The number of nitrogens with zero attached hydrogens (tertiary/aromatic N) is 1. The smallest absolute Gasteiger partial charge is 0.293 e. The summed E-state index contributed by atoms with van der Waals surface area (Å²) >= 11 is 0. The number of ether oxygens (including phenoxy) is 2. The number of carbonyl (C=O) groups is 1. The Labute approximate surface area is 92.4 Å². The van der Waals surface area contributed by atoms with E-state index < -0.39 is 0 Å². The molecule has 0 aromatic carbocycles. The maximum atomic E-state index is 9.99.